The van der Waals surface area contributed by atoms with Crippen molar-refractivity contribution in [1.29, 1.82) is 0 Å². The monoisotopic (exact) mass is 295 g/mol. The molecule has 0 aliphatic carbocycles. The van der Waals surface area contributed by atoms with Crippen molar-refractivity contribution >= 4 is 11.8 Å². The molecule has 120 valence electrons. The third-order valence-corrected chi connectivity index (χ3v) is 4.49. The Morgan fingerprint density at radius 1 is 1.19 bits per heavy atom. The van der Waals surface area contributed by atoms with Crippen LogP contribution in [0.3, 0.4) is 0 Å². The molecule has 2 saturated heterocycles. The van der Waals surface area contributed by atoms with Gasteiger partial charge in [0.2, 0.25) is 11.8 Å². The largest absolute Gasteiger partial charge is 0.343 e. The molecule has 5 nitrogen and oxygen atoms in total. The average Bonchev–Trinajstić information content (AvgIpc) is 2.80. The van der Waals surface area contributed by atoms with E-state index in [2.05, 4.69) is 12.2 Å². The molecule has 2 aliphatic heterocycles. The van der Waals surface area contributed by atoms with E-state index < -0.39 is 0 Å². The predicted molar refractivity (Wildman–Crippen MR) is 82.9 cm³/mol. The zero-order chi connectivity index (χ0) is 15.2. The number of amides is 2. The standard InChI is InChI=1S/C16H29N3O2/c1-3-5-15(20)18-9-6-13(7-10-18)17-14-11-16(21)19(12-14)8-4-2/h13-14,17H,3-12H2,1-2H3/t14-/m0/s1. The summed E-state index contributed by atoms with van der Waals surface area (Å²) in [6.45, 7) is 7.59. The number of carbonyl (C=O) groups is 2. The van der Waals surface area contributed by atoms with Gasteiger partial charge in [-0.2, -0.15) is 0 Å². The van der Waals surface area contributed by atoms with E-state index in [0.717, 1.165) is 51.9 Å². The van der Waals surface area contributed by atoms with Gasteiger partial charge < -0.3 is 15.1 Å². The van der Waals surface area contributed by atoms with Crippen molar-refractivity contribution in [3.63, 3.8) is 0 Å². The lowest BCUT2D eigenvalue weighted by Gasteiger charge is -2.34. The predicted octanol–water partition coefficient (Wildman–Crippen LogP) is 1.38. The first-order valence-corrected chi connectivity index (χ1v) is 8.45. The van der Waals surface area contributed by atoms with Crippen LogP contribution in [0.5, 0.6) is 0 Å². The summed E-state index contributed by atoms with van der Waals surface area (Å²) in [4.78, 5) is 27.7. The van der Waals surface area contributed by atoms with Crippen molar-refractivity contribution in [2.75, 3.05) is 26.2 Å². The summed E-state index contributed by atoms with van der Waals surface area (Å²) in [5.41, 5.74) is 0. The normalized spacial score (nSPS) is 23.9. The summed E-state index contributed by atoms with van der Waals surface area (Å²) >= 11 is 0. The van der Waals surface area contributed by atoms with E-state index in [1.54, 1.807) is 0 Å². The van der Waals surface area contributed by atoms with Gasteiger partial charge in [-0.05, 0) is 25.7 Å². The van der Waals surface area contributed by atoms with E-state index in [1.165, 1.54) is 0 Å². The lowest BCUT2D eigenvalue weighted by atomic mass is 10.0. The molecule has 1 atom stereocenters. The van der Waals surface area contributed by atoms with Gasteiger partial charge in [-0.3, -0.25) is 9.59 Å². The van der Waals surface area contributed by atoms with Crippen LogP contribution in [0.25, 0.3) is 0 Å². The fourth-order valence-corrected chi connectivity index (χ4v) is 3.37. The summed E-state index contributed by atoms with van der Waals surface area (Å²) in [7, 11) is 0. The number of hydrogen-bond donors (Lipinski definition) is 1. The highest BCUT2D eigenvalue weighted by atomic mass is 16.2. The third-order valence-electron chi connectivity index (χ3n) is 4.49. The molecule has 0 saturated carbocycles. The van der Waals surface area contributed by atoms with Crippen molar-refractivity contribution in [3.05, 3.63) is 0 Å². The molecule has 0 spiro atoms. The lowest BCUT2D eigenvalue weighted by molar-refractivity contribution is -0.132. The van der Waals surface area contributed by atoms with Crippen LogP contribution in [0, 0.1) is 0 Å². The second-order valence-electron chi connectivity index (χ2n) is 6.31. The molecule has 2 aliphatic rings. The van der Waals surface area contributed by atoms with Crippen LogP contribution in [-0.4, -0.2) is 59.9 Å². The molecule has 0 aromatic carbocycles. The molecule has 0 bridgehead atoms. The smallest absolute Gasteiger partial charge is 0.224 e. The Morgan fingerprint density at radius 2 is 1.90 bits per heavy atom. The Labute approximate surface area is 128 Å². The molecule has 1 N–H and O–H groups in total. The Hall–Kier alpha value is -1.10. The molecular formula is C16H29N3O2. The first kappa shape index (κ1) is 16.3. The highest BCUT2D eigenvalue weighted by molar-refractivity contribution is 5.79. The summed E-state index contributed by atoms with van der Waals surface area (Å²) in [5, 5.41) is 3.63. The number of carbonyl (C=O) groups excluding carboxylic acids is 2. The summed E-state index contributed by atoms with van der Waals surface area (Å²) < 4.78 is 0. The van der Waals surface area contributed by atoms with E-state index in [-0.39, 0.29) is 5.91 Å². The van der Waals surface area contributed by atoms with Crippen LogP contribution in [-0.2, 0) is 9.59 Å². The summed E-state index contributed by atoms with van der Waals surface area (Å²) in [6.07, 6.45) is 5.27. The fourth-order valence-electron chi connectivity index (χ4n) is 3.37. The van der Waals surface area contributed by atoms with Gasteiger partial charge in [0.25, 0.3) is 0 Å². The van der Waals surface area contributed by atoms with E-state index in [0.29, 0.717) is 30.8 Å². The van der Waals surface area contributed by atoms with Crippen LogP contribution < -0.4 is 5.32 Å². The molecule has 2 rings (SSSR count). The quantitative estimate of drug-likeness (QED) is 0.805. The Balaban J connectivity index is 1.72. The van der Waals surface area contributed by atoms with Crippen molar-refractivity contribution < 1.29 is 9.59 Å². The first-order valence-electron chi connectivity index (χ1n) is 8.45. The number of hydrogen-bond acceptors (Lipinski definition) is 3. The molecular weight excluding hydrogens is 266 g/mol. The van der Waals surface area contributed by atoms with Crippen molar-refractivity contribution in [3.8, 4) is 0 Å². The van der Waals surface area contributed by atoms with E-state index >= 15 is 0 Å². The van der Waals surface area contributed by atoms with Gasteiger partial charge in [0.1, 0.15) is 0 Å². The fraction of sp³-hybridized carbons (Fsp3) is 0.875. The number of rotatable bonds is 6. The summed E-state index contributed by atoms with van der Waals surface area (Å²) in [6, 6.07) is 0.752. The number of nitrogens with one attached hydrogen (secondary N) is 1. The van der Waals surface area contributed by atoms with Crippen LogP contribution in [0.1, 0.15) is 52.4 Å². The molecule has 0 aromatic rings. The maximum atomic E-state index is 11.9. The minimum atomic E-state index is 0.282. The van der Waals surface area contributed by atoms with Crippen LogP contribution in [0.2, 0.25) is 0 Å². The number of likely N-dealkylation sites (tertiary alicyclic amines) is 2. The van der Waals surface area contributed by atoms with Gasteiger partial charge in [0.15, 0.2) is 0 Å². The van der Waals surface area contributed by atoms with Gasteiger partial charge >= 0.3 is 0 Å². The minimum Gasteiger partial charge on any atom is -0.343 e. The van der Waals surface area contributed by atoms with Crippen LogP contribution in [0.4, 0.5) is 0 Å². The van der Waals surface area contributed by atoms with E-state index in [1.807, 2.05) is 16.7 Å². The summed E-state index contributed by atoms with van der Waals surface area (Å²) in [5.74, 6) is 0.575. The number of nitrogens with zero attached hydrogens (tertiary/aromatic N) is 2. The first-order chi connectivity index (χ1) is 10.1. The Kier molecular flexibility index (Phi) is 6.03. The minimum absolute atomic E-state index is 0.282. The molecule has 2 amide bonds. The highest BCUT2D eigenvalue weighted by Crippen LogP contribution is 2.17. The maximum absolute atomic E-state index is 11.9. The third kappa shape index (κ3) is 4.43. The van der Waals surface area contributed by atoms with Crippen molar-refractivity contribution in [2.45, 2.75) is 64.5 Å². The van der Waals surface area contributed by atoms with E-state index in [9.17, 15) is 9.59 Å². The Morgan fingerprint density at radius 3 is 2.52 bits per heavy atom. The zero-order valence-corrected chi connectivity index (χ0v) is 13.4. The molecule has 2 heterocycles. The molecule has 2 fully saturated rings. The molecule has 5 heteroatoms. The zero-order valence-electron chi connectivity index (χ0n) is 13.4. The second kappa shape index (κ2) is 7.78. The maximum Gasteiger partial charge on any atom is 0.224 e. The topological polar surface area (TPSA) is 52.7 Å². The SMILES string of the molecule is CCCC(=O)N1CCC(N[C@H]2CC(=O)N(CCC)C2)CC1. The van der Waals surface area contributed by atoms with Gasteiger partial charge in [-0.1, -0.05) is 13.8 Å². The number of piperidine rings is 1. The average molecular weight is 295 g/mol. The van der Waals surface area contributed by atoms with Gasteiger partial charge in [0.05, 0.1) is 0 Å². The van der Waals surface area contributed by atoms with Crippen molar-refractivity contribution in [2.24, 2.45) is 0 Å². The molecule has 0 radical (unpaired) electrons. The van der Waals surface area contributed by atoms with Gasteiger partial charge in [-0.25, -0.2) is 0 Å². The highest BCUT2D eigenvalue weighted by Gasteiger charge is 2.31. The second-order valence-corrected chi connectivity index (χ2v) is 6.31. The van der Waals surface area contributed by atoms with Gasteiger partial charge in [-0.15, -0.1) is 0 Å². The van der Waals surface area contributed by atoms with Crippen LogP contribution in [0.15, 0.2) is 0 Å². The van der Waals surface area contributed by atoms with Crippen LogP contribution >= 0.6 is 0 Å². The Bertz CT molecular complexity index is 365. The lowest BCUT2D eigenvalue weighted by Crippen LogP contribution is -2.48. The van der Waals surface area contributed by atoms with E-state index in [4.69, 9.17) is 0 Å². The molecule has 21 heavy (non-hydrogen) atoms. The molecule has 0 aromatic heterocycles. The van der Waals surface area contributed by atoms with Gasteiger partial charge in [0, 0.05) is 51.1 Å². The molecule has 0 unspecified atom stereocenters. The van der Waals surface area contributed by atoms with Crippen molar-refractivity contribution in [1.82, 2.24) is 15.1 Å².